The van der Waals surface area contributed by atoms with E-state index in [-0.39, 0.29) is 6.54 Å². The normalized spacial score (nSPS) is 15.8. The molecule has 124 valence electrons. The molecule has 0 bridgehead atoms. The van der Waals surface area contributed by atoms with Crippen molar-refractivity contribution in [1.82, 2.24) is 4.72 Å². The average molecular weight is 417 g/mol. The predicted octanol–water partition coefficient (Wildman–Crippen LogP) is 2.83. The van der Waals surface area contributed by atoms with Crippen molar-refractivity contribution >= 4 is 43.0 Å². The Labute approximate surface area is 148 Å². The molecule has 23 heavy (non-hydrogen) atoms. The smallest absolute Gasteiger partial charge is 0.250 e. The van der Waals surface area contributed by atoms with Crippen molar-refractivity contribution in [3.63, 3.8) is 0 Å². The Morgan fingerprint density at radius 2 is 1.83 bits per heavy atom. The summed E-state index contributed by atoms with van der Waals surface area (Å²) >= 11 is 4.48. The molecule has 1 N–H and O–H groups in total. The molecule has 1 fully saturated rings. The molecule has 5 nitrogen and oxygen atoms in total. The van der Waals surface area contributed by atoms with Gasteiger partial charge in [-0.3, -0.25) is 0 Å². The number of ether oxygens (including phenoxy) is 1. The monoisotopic (exact) mass is 416 g/mol. The van der Waals surface area contributed by atoms with E-state index >= 15 is 0 Å². The standard InChI is InChI=1S/C15H17BrN2O3S2/c16-14-5-6-15(22-14)23(19,20)17-11-12-1-3-13(4-2-12)18-7-9-21-10-8-18/h1-6,17H,7-11H2. The van der Waals surface area contributed by atoms with Crippen LogP contribution in [-0.2, 0) is 21.3 Å². The van der Waals surface area contributed by atoms with Gasteiger partial charge in [0.2, 0.25) is 10.0 Å². The van der Waals surface area contributed by atoms with E-state index in [1.54, 1.807) is 12.1 Å². The van der Waals surface area contributed by atoms with Crippen LogP contribution in [0.2, 0.25) is 0 Å². The van der Waals surface area contributed by atoms with Crippen molar-refractivity contribution in [2.75, 3.05) is 31.2 Å². The van der Waals surface area contributed by atoms with Gasteiger partial charge in [-0.25, -0.2) is 13.1 Å². The SMILES string of the molecule is O=S(=O)(NCc1ccc(N2CCOCC2)cc1)c1ccc(Br)s1. The van der Waals surface area contributed by atoms with Gasteiger partial charge in [0.15, 0.2) is 0 Å². The maximum Gasteiger partial charge on any atom is 0.250 e. The number of nitrogens with zero attached hydrogens (tertiary/aromatic N) is 1. The second-order valence-corrected chi connectivity index (χ2v) is 9.61. The summed E-state index contributed by atoms with van der Waals surface area (Å²) in [5, 5.41) is 0. The predicted molar refractivity (Wildman–Crippen MR) is 95.5 cm³/mol. The quantitative estimate of drug-likeness (QED) is 0.813. The number of rotatable bonds is 5. The van der Waals surface area contributed by atoms with Crippen LogP contribution in [0.5, 0.6) is 0 Å². The first-order chi connectivity index (χ1) is 11.0. The van der Waals surface area contributed by atoms with Gasteiger partial charge in [-0.15, -0.1) is 11.3 Å². The maximum atomic E-state index is 12.2. The van der Waals surface area contributed by atoms with Crippen molar-refractivity contribution in [3.8, 4) is 0 Å². The summed E-state index contributed by atoms with van der Waals surface area (Å²) in [6, 6.07) is 11.3. The number of sulfonamides is 1. The van der Waals surface area contributed by atoms with Gasteiger partial charge < -0.3 is 9.64 Å². The Bertz CT molecular complexity index is 753. The molecule has 1 aliphatic heterocycles. The Morgan fingerprint density at radius 3 is 2.43 bits per heavy atom. The van der Waals surface area contributed by atoms with Gasteiger partial charge in [0.1, 0.15) is 4.21 Å². The van der Waals surface area contributed by atoms with E-state index < -0.39 is 10.0 Å². The van der Waals surface area contributed by atoms with Crippen LogP contribution in [0.4, 0.5) is 5.69 Å². The highest BCUT2D eigenvalue weighted by Crippen LogP contribution is 2.26. The number of halogens is 1. The van der Waals surface area contributed by atoms with Gasteiger partial charge in [0, 0.05) is 25.3 Å². The van der Waals surface area contributed by atoms with E-state index in [0.717, 1.165) is 41.3 Å². The van der Waals surface area contributed by atoms with Gasteiger partial charge in [-0.1, -0.05) is 12.1 Å². The number of anilines is 1. The number of morpholine rings is 1. The van der Waals surface area contributed by atoms with E-state index in [2.05, 4.69) is 25.6 Å². The van der Waals surface area contributed by atoms with Crippen molar-refractivity contribution in [2.45, 2.75) is 10.8 Å². The van der Waals surface area contributed by atoms with Crippen LogP contribution in [0.15, 0.2) is 44.4 Å². The lowest BCUT2D eigenvalue weighted by molar-refractivity contribution is 0.122. The van der Waals surface area contributed by atoms with E-state index in [0.29, 0.717) is 4.21 Å². The highest BCUT2D eigenvalue weighted by molar-refractivity contribution is 9.11. The molecular weight excluding hydrogens is 400 g/mol. The number of hydrogen-bond acceptors (Lipinski definition) is 5. The Balaban J connectivity index is 1.62. The van der Waals surface area contributed by atoms with Gasteiger partial charge in [-0.05, 0) is 45.8 Å². The summed E-state index contributed by atoms with van der Waals surface area (Å²) < 4.78 is 33.5. The minimum Gasteiger partial charge on any atom is -0.378 e. The first kappa shape index (κ1) is 16.9. The highest BCUT2D eigenvalue weighted by Gasteiger charge is 2.16. The molecule has 1 aromatic carbocycles. The lowest BCUT2D eigenvalue weighted by Crippen LogP contribution is -2.36. The summed E-state index contributed by atoms with van der Waals surface area (Å²) in [5.41, 5.74) is 2.07. The zero-order valence-corrected chi connectivity index (χ0v) is 15.6. The molecule has 8 heteroatoms. The zero-order chi connectivity index (χ0) is 16.3. The Morgan fingerprint density at radius 1 is 1.13 bits per heavy atom. The molecule has 0 radical (unpaired) electrons. The highest BCUT2D eigenvalue weighted by atomic mass is 79.9. The van der Waals surface area contributed by atoms with Gasteiger partial charge in [0.25, 0.3) is 0 Å². The average Bonchev–Trinajstić information content (AvgIpc) is 3.02. The molecule has 0 spiro atoms. The molecule has 2 aromatic rings. The topological polar surface area (TPSA) is 58.6 Å². The first-order valence-electron chi connectivity index (χ1n) is 7.21. The molecule has 1 aliphatic rings. The van der Waals surface area contributed by atoms with Crippen LogP contribution >= 0.6 is 27.3 Å². The number of nitrogens with one attached hydrogen (secondary N) is 1. The molecular formula is C15H17BrN2O3S2. The van der Waals surface area contributed by atoms with Crippen molar-refractivity contribution < 1.29 is 13.2 Å². The second kappa shape index (κ2) is 7.31. The Hall–Kier alpha value is -0.930. The van der Waals surface area contributed by atoms with E-state index in [9.17, 15) is 8.42 Å². The summed E-state index contributed by atoms with van der Waals surface area (Å²) in [4.78, 5) is 2.26. The molecule has 0 amide bonds. The number of benzene rings is 1. The summed E-state index contributed by atoms with van der Waals surface area (Å²) in [7, 11) is -3.46. The van der Waals surface area contributed by atoms with Crippen LogP contribution in [0, 0.1) is 0 Å². The summed E-state index contributed by atoms with van der Waals surface area (Å²) in [5.74, 6) is 0. The Kier molecular flexibility index (Phi) is 5.38. The minimum absolute atomic E-state index is 0.279. The lowest BCUT2D eigenvalue weighted by atomic mass is 10.2. The van der Waals surface area contributed by atoms with Crippen LogP contribution in [0.1, 0.15) is 5.56 Å². The van der Waals surface area contributed by atoms with Gasteiger partial charge in [-0.2, -0.15) is 0 Å². The van der Waals surface area contributed by atoms with E-state index in [1.807, 2.05) is 24.3 Å². The lowest BCUT2D eigenvalue weighted by Gasteiger charge is -2.28. The van der Waals surface area contributed by atoms with Crippen LogP contribution in [0.3, 0.4) is 0 Å². The van der Waals surface area contributed by atoms with E-state index in [4.69, 9.17) is 4.74 Å². The molecule has 0 saturated carbocycles. The van der Waals surface area contributed by atoms with Gasteiger partial charge in [0.05, 0.1) is 17.0 Å². The van der Waals surface area contributed by atoms with Gasteiger partial charge >= 0.3 is 0 Å². The van der Waals surface area contributed by atoms with Crippen molar-refractivity contribution in [2.24, 2.45) is 0 Å². The largest absolute Gasteiger partial charge is 0.378 e. The molecule has 1 saturated heterocycles. The third-order valence-electron chi connectivity index (χ3n) is 3.59. The van der Waals surface area contributed by atoms with Crippen LogP contribution < -0.4 is 9.62 Å². The first-order valence-corrected chi connectivity index (χ1v) is 10.3. The number of hydrogen-bond donors (Lipinski definition) is 1. The fourth-order valence-electron chi connectivity index (χ4n) is 2.34. The zero-order valence-electron chi connectivity index (χ0n) is 12.4. The van der Waals surface area contributed by atoms with Crippen molar-refractivity contribution in [3.05, 3.63) is 45.7 Å². The fourth-order valence-corrected chi connectivity index (χ4v) is 5.41. The molecule has 0 aliphatic carbocycles. The third-order valence-corrected chi connectivity index (χ3v) is 7.11. The third kappa shape index (κ3) is 4.33. The maximum absolute atomic E-state index is 12.2. The number of thiophene rings is 1. The fraction of sp³-hybridized carbons (Fsp3) is 0.333. The molecule has 0 atom stereocenters. The molecule has 1 aromatic heterocycles. The summed E-state index contributed by atoms with van der Waals surface area (Å²) in [6.45, 7) is 3.55. The minimum atomic E-state index is -3.46. The molecule has 3 rings (SSSR count). The van der Waals surface area contributed by atoms with Crippen LogP contribution in [-0.4, -0.2) is 34.7 Å². The molecule has 0 unspecified atom stereocenters. The second-order valence-electron chi connectivity index (χ2n) is 5.15. The van der Waals surface area contributed by atoms with Crippen LogP contribution in [0.25, 0.3) is 0 Å². The van der Waals surface area contributed by atoms with Crippen molar-refractivity contribution in [1.29, 1.82) is 0 Å². The molecule has 2 heterocycles. The summed E-state index contributed by atoms with van der Waals surface area (Å²) in [6.07, 6.45) is 0. The van der Waals surface area contributed by atoms with E-state index in [1.165, 1.54) is 11.3 Å².